The molecule has 1 amide bonds. The van der Waals surface area contributed by atoms with Crippen molar-refractivity contribution in [3.8, 4) is 0 Å². The van der Waals surface area contributed by atoms with Gasteiger partial charge in [0.05, 0.1) is 6.54 Å². The van der Waals surface area contributed by atoms with E-state index in [9.17, 15) is 13.6 Å². The van der Waals surface area contributed by atoms with Gasteiger partial charge in [-0.05, 0) is 57.0 Å². The first-order chi connectivity index (χ1) is 11.3. The van der Waals surface area contributed by atoms with Gasteiger partial charge < -0.3 is 10.6 Å². The van der Waals surface area contributed by atoms with Gasteiger partial charge in [0.2, 0.25) is 5.91 Å². The van der Waals surface area contributed by atoms with E-state index in [-0.39, 0.29) is 29.6 Å². The van der Waals surface area contributed by atoms with E-state index in [2.05, 4.69) is 10.6 Å². The quantitative estimate of drug-likeness (QED) is 0.844. The van der Waals surface area contributed by atoms with Gasteiger partial charge in [-0.2, -0.15) is 0 Å². The monoisotopic (exact) mass is 332 g/mol. The lowest BCUT2D eigenvalue weighted by Gasteiger charge is -2.26. The number of hydrogen-bond acceptors (Lipinski definition) is 2. The third-order valence-corrected chi connectivity index (χ3v) is 3.83. The number of benzene rings is 2. The van der Waals surface area contributed by atoms with Gasteiger partial charge in [0.1, 0.15) is 11.6 Å². The minimum atomic E-state index is -0.350. The summed E-state index contributed by atoms with van der Waals surface area (Å²) in [6.07, 6.45) is 0.652. The standard InChI is InChI=1S/C19H22F2N2O/c1-13-16(21)5-4-6-17(13)23-18(24)12-22-19(2,3)11-14-7-9-15(20)10-8-14/h4-10,22H,11-12H2,1-3H3,(H,23,24). The lowest BCUT2D eigenvalue weighted by Crippen LogP contribution is -2.45. The Hall–Kier alpha value is -2.27. The molecule has 0 heterocycles. The minimum absolute atomic E-state index is 0.101. The molecule has 2 rings (SSSR count). The van der Waals surface area contributed by atoms with Gasteiger partial charge in [-0.3, -0.25) is 4.79 Å². The molecule has 0 aliphatic heterocycles. The van der Waals surface area contributed by atoms with Crippen molar-refractivity contribution in [1.29, 1.82) is 0 Å². The van der Waals surface area contributed by atoms with Crippen LogP contribution in [0.25, 0.3) is 0 Å². The summed E-state index contributed by atoms with van der Waals surface area (Å²) in [5.41, 5.74) is 1.52. The summed E-state index contributed by atoms with van der Waals surface area (Å²) in [6.45, 7) is 5.66. The Balaban J connectivity index is 1.90. The molecule has 24 heavy (non-hydrogen) atoms. The highest BCUT2D eigenvalue weighted by atomic mass is 19.1. The number of carbonyl (C=O) groups excluding carboxylic acids is 1. The first-order valence-electron chi connectivity index (χ1n) is 7.81. The molecule has 0 aromatic heterocycles. The van der Waals surface area contributed by atoms with Gasteiger partial charge in [0.15, 0.2) is 0 Å². The number of anilines is 1. The zero-order valence-electron chi connectivity index (χ0n) is 14.1. The summed E-state index contributed by atoms with van der Waals surface area (Å²) < 4.78 is 26.4. The molecular weight excluding hydrogens is 310 g/mol. The molecule has 5 heteroatoms. The first-order valence-corrected chi connectivity index (χ1v) is 7.81. The van der Waals surface area contributed by atoms with Crippen molar-refractivity contribution in [3.05, 3.63) is 65.2 Å². The summed E-state index contributed by atoms with van der Waals surface area (Å²) in [5, 5.41) is 5.88. The van der Waals surface area contributed by atoms with E-state index in [0.29, 0.717) is 17.7 Å². The third kappa shape index (κ3) is 5.13. The number of carbonyl (C=O) groups is 1. The fourth-order valence-electron chi connectivity index (χ4n) is 2.43. The molecular formula is C19H22F2N2O. The third-order valence-electron chi connectivity index (χ3n) is 3.83. The van der Waals surface area contributed by atoms with Gasteiger partial charge in [0, 0.05) is 16.8 Å². The Morgan fingerprint density at radius 2 is 1.75 bits per heavy atom. The van der Waals surface area contributed by atoms with Crippen LogP contribution in [-0.4, -0.2) is 18.0 Å². The van der Waals surface area contributed by atoms with Crippen molar-refractivity contribution in [1.82, 2.24) is 5.32 Å². The van der Waals surface area contributed by atoms with Crippen molar-refractivity contribution in [2.24, 2.45) is 0 Å². The fraction of sp³-hybridized carbons (Fsp3) is 0.316. The van der Waals surface area contributed by atoms with Crippen LogP contribution in [-0.2, 0) is 11.2 Å². The maximum absolute atomic E-state index is 13.5. The van der Waals surface area contributed by atoms with Crippen molar-refractivity contribution in [2.75, 3.05) is 11.9 Å². The van der Waals surface area contributed by atoms with Gasteiger partial charge in [-0.1, -0.05) is 18.2 Å². The Morgan fingerprint density at radius 3 is 2.42 bits per heavy atom. The Kier molecular flexibility index (Phi) is 5.67. The molecule has 0 atom stereocenters. The molecule has 3 nitrogen and oxygen atoms in total. The summed E-state index contributed by atoms with van der Waals surface area (Å²) >= 11 is 0. The van der Waals surface area contributed by atoms with E-state index < -0.39 is 0 Å². The molecule has 2 aromatic carbocycles. The van der Waals surface area contributed by atoms with Gasteiger partial charge in [-0.15, -0.1) is 0 Å². The lowest BCUT2D eigenvalue weighted by molar-refractivity contribution is -0.115. The molecule has 0 spiro atoms. The molecule has 0 bridgehead atoms. The molecule has 0 radical (unpaired) electrons. The highest BCUT2D eigenvalue weighted by Crippen LogP contribution is 2.17. The summed E-state index contributed by atoms with van der Waals surface area (Å²) in [7, 11) is 0. The zero-order chi connectivity index (χ0) is 17.7. The molecule has 0 aliphatic carbocycles. The molecule has 2 aromatic rings. The first kappa shape index (κ1) is 18.1. The van der Waals surface area contributed by atoms with Crippen molar-refractivity contribution >= 4 is 11.6 Å². The predicted octanol–water partition coefficient (Wildman–Crippen LogP) is 3.82. The van der Waals surface area contributed by atoms with E-state index >= 15 is 0 Å². The predicted molar refractivity (Wildman–Crippen MR) is 92.0 cm³/mol. The largest absolute Gasteiger partial charge is 0.325 e. The van der Waals surface area contributed by atoms with E-state index in [1.165, 1.54) is 18.2 Å². The highest BCUT2D eigenvalue weighted by molar-refractivity contribution is 5.93. The topological polar surface area (TPSA) is 41.1 Å². The van der Waals surface area contributed by atoms with Crippen molar-refractivity contribution in [2.45, 2.75) is 32.7 Å². The van der Waals surface area contributed by atoms with Crippen LogP contribution in [0.3, 0.4) is 0 Å². The minimum Gasteiger partial charge on any atom is -0.325 e. The molecule has 0 saturated heterocycles. The summed E-state index contributed by atoms with van der Waals surface area (Å²) in [4.78, 5) is 12.1. The van der Waals surface area contributed by atoms with E-state index in [4.69, 9.17) is 0 Å². The number of nitrogens with one attached hydrogen (secondary N) is 2. The van der Waals surface area contributed by atoms with Crippen LogP contribution < -0.4 is 10.6 Å². The zero-order valence-corrected chi connectivity index (χ0v) is 14.1. The second-order valence-corrected chi connectivity index (χ2v) is 6.50. The van der Waals surface area contributed by atoms with E-state index in [0.717, 1.165) is 5.56 Å². The number of amides is 1. The Labute approximate surface area is 141 Å². The Morgan fingerprint density at radius 1 is 1.08 bits per heavy atom. The van der Waals surface area contributed by atoms with E-state index in [1.54, 1.807) is 31.2 Å². The van der Waals surface area contributed by atoms with Crippen LogP contribution >= 0.6 is 0 Å². The Bertz CT molecular complexity index is 712. The van der Waals surface area contributed by atoms with Crippen LogP contribution in [0.1, 0.15) is 25.0 Å². The molecule has 0 fully saturated rings. The van der Waals surface area contributed by atoms with Crippen LogP contribution in [0.4, 0.5) is 14.5 Å². The van der Waals surface area contributed by atoms with Crippen LogP contribution in [0.5, 0.6) is 0 Å². The van der Waals surface area contributed by atoms with Crippen LogP contribution in [0.15, 0.2) is 42.5 Å². The highest BCUT2D eigenvalue weighted by Gasteiger charge is 2.19. The molecule has 0 saturated carbocycles. The van der Waals surface area contributed by atoms with Crippen molar-refractivity contribution < 1.29 is 13.6 Å². The average molecular weight is 332 g/mol. The van der Waals surface area contributed by atoms with Crippen LogP contribution in [0, 0.1) is 18.6 Å². The number of rotatable bonds is 6. The smallest absolute Gasteiger partial charge is 0.238 e. The molecule has 128 valence electrons. The molecule has 0 aliphatic rings. The lowest BCUT2D eigenvalue weighted by atomic mass is 9.95. The SMILES string of the molecule is Cc1c(F)cccc1NC(=O)CNC(C)(C)Cc1ccc(F)cc1. The van der Waals surface area contributed by atoms with Gasteiger partial charge in [0.25, 0.3) is 0 Å². The van der Waals surface area contributed by atoms with Crippen molar-refractivity contribution in [3.63, 3.8) is 0 Å². The number of hydrogen-bond donors (Lipinski definition) is 2. The summed E-state index contributed by atoms with van der Waals surface area (Å²) in [5.74, 6) is -0.859. The number of halogens is 2. The van der Waals surface area contributed by atoms with Gasteiger partial charge >= 0.3 is 0 Å². The average Bonchev–Trinajstić information content (AvgIpc) is 2.52. The molecule has 0 unspecified atom stereocenters. The fourth-order valence-corrected chi connectivity index (χ4v) is 2.43. The van der Waals surface area contributed by atoms with Crippen LogP contribution in [0.2, 0.25) is 0 Å². The maximum atomic E-state index is 13.5. The second-order valence-electron chi connectivity index (χ2n) is 6.50. The van der Waals surface area contributed by atoms with Gasteiger partial charge in [-0.25, -0.2) is 8.78 Å². The molecule has 2 N–H and O–H groups in total. The second kappa shape index (κ2) is 7.53. The maximum Gasteiger partial charge on any atom is 0.238 e. The normalized spacial score (nSPS) is 11.4. The summed E-state index contributed by atoms with van der Waals surface area (Å²) in [6, 6.07) is 10.9. The van der Waals surface area contributed by atoms with E-state index in [1.807, 2.05) is 13.8 Å².